The topological polar surface area (TPSA) is 93.4 Å². The Bertz CT molecular complexity index is 1320. The van der Waals surface area contributed by atoms with Gasteiger partial charge in [-0.25, -0.2) is 5.43 Å². The number of aromatic nitrogens is 3. The lowest BCUT2D eigenvalue weighted by molar-refractivity contribution is -0.120. The Kier molecular flexibility index (Phi) is 8.93. The molecule has 0 aliphatic heterocycles. The average molecular weight is 515 g/mol. The first-order valence-electron chi connectivity index (χ1n) is 12.1. The van der Waals surface area contributed by atoms with Gasteiger partial charge in [-0.15, -0.1) is 10.2 Å². The number of amides is 1. The zero-order valence-corrected chi connectivity index (χ0v) is 21.9. The number of benzene rings is 3. The van der Waals surface area contributed by atoms with Crippen molar-refractivity contribution in [1.29, 1.82) is 0 Å². The lowest BCUT2D eigenvalue weighted by Gasteiger charge is -2.13. The Morgan fingerprint density at radius 1 is 1.05 bits per heavy atom. The molecule has 0 saturated carbocycles. The number of anilines is 1. The Morgan fingerprint density at radius 3 is 2.49 bits per heavy atom. The van der Waals surface area contributed by atoms with Crippen LogP contribution in [-0.2, 0) is 11.3 Å². The van der Waals surface area contributed by atoms with Crippen LogP contribution < -0.4 is 15.5 Å². The van der Waals surface area contributed by atoms with Crippen molar-refractivity contribution in [2.45, 2.75) is 37.7 Å². The van der Waals surface area contributed by atoms with Gasteiger partial charge in [0.2, 0.25) is 0 Å². The van der Waals surface area contributed by atoms with E-state index in [-0.39, 0.29) is 5.91 Å². The highest BCUT2D eigenvalue weighted by atomic mass is 32.2. The van der Waals surface area contributed by atoms with Crippen LogP contribution in [0.15, 0.2) is 89.1 Å². The molecule has 0 fully saturated rings. The maximum Gasteiger partial charge on any atom is 0.253 e. The summed E-state index contributed by atoms with van der Waals surface area (Å²) in [4.78, 5) is 12.7. The monoisotopic (exact) mass is 514 g/mol. The summed E-state index contributed by atoms with van der Waals surface area (Å²) in [5, 5.41) is 16.5. The molecule has 1 amide bonds. The van der Waals surface area contributed by atoms with Crippen molar-refractivity contribution in [2.75, 3.05) is 11.9 Å². The number of carbonyl (C=O) groups excluding carboxylic acids is 1. The Hall–Kier alpha value is -4.11. The minimum atomic E-state index is -0.443. The molecule has 0 spiro atoms. The second kappa shape index (κ2) is 12.7. The van der Waals surface area contributed by atoms with Gasteiger partial charge < -0.3 is 10.1 Å². The Labute approximate surface area is 221 Å². The van der Waals surface area contributed by atoms with E-state index < -0.39 is 5.25 Å². The number of carbonyl (C=O) groups is 1. The van der Waals surface area contributed by atoms with Crippen molar-refractivity contribution >= 4 is 29.6 Å². The van der Waals surface area contributed by atoms with Gasteiger partial charge in [-0.3, -0.25) is 9.36 Å². The highest BCUT2D eigenvalue weighted by molar-refractivity contribution is 8.00. The second-order valence-corrected chi connectivity index (χ2v) is 9.59. The van der Waals surface area contributed by atoms with Crippen molar-refractivity contribution in [3.63, 3.8) is 0 Å². The minimum Gasteiger partial charge on any atom is -0.494 e. The number of ether oxygens (including phenoxy) is 1. The van der Waals surface area contributed by atoms with Crippen LogP contribution in [0.1, 0.15) is 30.8 Å². The van der Waals surface area contributed by atoms with Crippen LogP contribution >= 0.6 is 11.8 Å². The fourth-order valence-electron chi connectivity index (χ4n) is 3.47. The molecule has 4 aromatic rings. The van der Waals surface area contributed by atoms with Crippen LogP contribution in [0.3, 0.4) is 0 Å². The van der Waals surface area contributed by atoms with Crippen molar-refractivity contribution in [2.24, 2.45) is 5.10 Å². The number of nitrogens with one attached hydrogen (secondary N) is 2. The van der Waals surface area contributed by atoms with Crippen molar-refractivity contribution in [3.05, 3.63) is 95.8 Å². The van der Waals surface area contributed by atoms with Gasteiger partial charge >= 0.3 is 0 Å². The summed E-state index contributed by atoms with van der Waals surface area (Å²) in [5.74, 6) is 1.31. The van der Waals surface area contributed by atoms with E-state index in [4.69, 9.17) is 4.74 Å². The van der Waals surface area contributed by atoms with E-state index in [1.54, 1.807) is 6.21 Å². The number of para-hydroxylation sites is 1. The number of hydrogen-bond donors (Lipinski definition) is 2. The van der Waals surface area contributed by atoms with E-state index >= 15 is 0 Å². The fraction of sp³-hybridized carbons (Fsp3) is 0.214. The van der Waals surface area contributed by atoms with E-state index in [0.29, 0.717) is 18.3 Å². The van der Waals surface area contributed by atoms with Crippen LogP contribution in [0.25, 0.3) is 5.69 Å². The molecule has 8 nitrogen and oxygen atoms in total. The zero-order valence-electron chi connectivity index (χ0n) is 21.1. The smallest absolute Gasteiger partial charge is 0.253 e. The van der Waals surface area contributed by atoms with Crippen LogP contribution in [0.5, 0.6) is 5.75 Å². The van der Waals surface area contributed by atoms with Gasteiger partial charge in [-0.2, -0.15) is 5.10 Å². The van der Waals surface area contributed by atoms with Crippen LogP contribution in [-0.4, -0.2) is 38.7 Å². The molecule has 0 bridgehead atoms. The molecule has 0 aliphatic carbocycles. The maximum atomic E-state index is 12.7. The number of aryl methyl sites for hydroxylation is 1. The molecule has 3 aromatic carbocycles. The fourth-order valence-corrected chi connectivity index (χ4v) is 4.35. The standard InChI is InChI=1S/C28H30N6O2S/c1-4-36-25-16-12-22(13-17-25)18-30-32-27(35)21(3)37-28-33-31-26(34(28)24-8-6-5-7-9-24)19-29-23-14-10-20(2)11-15-23/h5-18,21,29H,4,19H2,1-3H3,(H,32,35)/b30-18-/t21-/m0/s1. The van der Waals surface area contributed by atoms with E-state index in [2.05, 4.69) is 45.1 Å². The lowest BCUT2D eigenvalue weighted by atomic mass is 10.2. The van der Waals surface area contributed by atoms with Gasteiger partial charge in [-0.05, 0) is 74.9 Å². The third-order valence-electron chi connectivity index (χ3n) is 5.45. The largest absolute Gasteiger partial charge is 0.494 e. The molecule has 1 aromatic heterocycles. The molecule has 9 heteroatoms. The summed E-state index contributed by atoms with van der Waals surface area (Å²) in [5.41, 5.74) is 6.61. The summed E-state index contributed by atoms with van der Waals surface area (Å²) >= 11 is 1.33. The predicted octanol–water partition coefficient (Wildman–Crippen LogP) is 5.22. The molecule has 0 aliphatic rings. The third-order valence-corrected chi connectivity index (χ3v) is 6.49. The summed E-state index contributed by atoms with van der Waals surface area (Å²) in [6, 6.07) is 25.6. The molecule has 2 N–H and O–H groups in total. The SMILES string of the molecule is CCOc1ccc(/C=N\NC(=O)[C@H](C)Sc2nnc(CNc3ccc(C)cc3)n2-c2ccccc2)cc1. The number of rotatable bonds is 11. The summed E-state index contributed by atoms with van der Waals surface area (Å²) < 4.78 is 7.41. The third kappa shape index (κ3) is 7.20. The molecule has 0 radical (unpaired) electrons. The quantitative estimate of drug-likeness (QED) is 0.162. The number of hydrogen-bond acceptors (Lipinski definition) is 7. The lowest BCUT2D eigenvalue weighted by Crippen LogP contribution is -2.27. The molecule has 1 heterocycles. The highest BCUT2D eigenvalue weighted by Gasteiger charge is 2.21. The first kappa shape index (κ1) is 26.0. The number of thioether (sulfide) groups is 1. The van der Waals surface area contributed by atoms with E-state index in [0.717, 1.165) is 28.5 Å². The molecular weight excluding hydrogens is 484 g/mol. The van der Waals surface area contributed by atoms with Gasteiger partial charge in [-0.1, -0.05) is 47.7 Å². The van der Waals surface area contributed by atoms with Crippen molar-refractivity contribution < 1.29 is 9.53 Å². The van der Waals surface area contributed by atoms with Crippen molar-refractivity contribution in [3.8, 4) is 11.4 Å². The number of nitrogens with zero attached hydrogens (tertiary/aromatic N) is 4. The summed E-state index contributed by atoms with van der Waals surface area (Å²) in [7, 11) is 0. The molecule has 37 heavy (non-hydrogen) atoms. The normalized spacial score (nSPS) is 11.9. The molecule has 0 unspecified atom stereocenters. The van der Waals surface area contributed by atoms with Crippen LogP contribution in [0.4, 0.5) is 5.69 Å². The Morgan fingerprint density at radius 2 is 1.78 bits per heavy atom. The van der Waals surface area contributed by atoms with Gasteiger partial charge in [0, 0.05) is 11.4 Å². The van der Waals surface area contributed by atoms with E-state index in [1.807, 2.05) is 85.1 Å². The van der Waals surface area contributed by atoms with Gasteiger partial charge in [0.25, 0.3) is 5.91 Å². The molecular formula is C28H30N6O2S. The maximum absolute atomic E-state index is 12.7. The molecule has 1 atom stereocenters. The first-order chi connectivity index (χ1) is 18.0. The predicted molar refractivity (Wildman–Crippen MR) is 149 cm³/mol. The first-order valence-corrected chi connectivity index (χ1v) is 12.9. The van der Waals surface area contributed by atoms with Gasteiger partial charge in [0.05, 0.1) is 24.6 Å². The van der Waals surface area contributed by atoms with Gasteiger partial charge in [0.1, 0.15) is 5.75 Å². The molecule has 4 rings (SSSR count). The second-order valence-electron chi connectivity index (χ2n) is 8.29. The highest BCUT2D eigenvalue weighted by Crippen LogP contribution is 2.26. The van der Waals surface area contributed by atoms with Crippen LogP contribution in [0, 0.1) is 6.92 Å². The molecule has 190 valence electrons. The number of hydrazone groups is 1. The summed E-state index contributed by atoms with van der Waals surface area (Å²) in [6.45, 7) is 6.92. The minimum absolute atomic E-state index is 0.228. The Balaban J connectivity index is 1.43. The van der Waals surface area contributed by atoms with Crippen molar-refractivity contribution in [1.82, 2.24) is 20.2 Å². The zero-order chi connectivity index (χ0) is 26.0. The van der Waals surface area contributed by atoms with Crippen LogP contribution in [0.2, 0.25) is 0 Å². The van der Waals surface area contributed by atoms with E-state index in [1.165, 1.54) is 17.3 Å². The van der Waals surface area contributed by atoms with Gasteiger partial charge in [0.15, 0.2) is 11.0 Å². The summed E-state index contributed by atoms with van der Waals surface area (Å²) in [6.07, 6.45) is 1.60. The van der Waals surface area contributed by atoms with E-state index in [9.17, 15) is 4.79 Å². The molecule has 0 saturated heterocycles. The average Bonchev–Trinajstić information content (AvgIpc) is 3.32.